The van der Waals surface area contributed by atoms with Crippen molar-refractivity contribution >= 4 is 35.0 Å². The second-order valence-electron chi connectivity index (χ2n) is 6.28. The molecule has 0 saturated heterocycles. The second kappa shape index (κ2) is 9.06. The van der Waals surface area contributed by atoms with Crippen LogP contribution in [-0.4, -0.2) is 21.9 Å². The number of aromatic nitrogens is 2. The summed E-state index contributed by atoms with van der Waals surface area (Å²) in [6.07, 6.45) is 0.658. The number of nitrogens with zero attached hydrogens (tertiary/aromatic N) is 2. The summed E-state index contributed by atoms with van der Waals surface area (Å²) in [6, 6.07) is 15.6. The topological polar surface area (TPSA) is 68.0 Å². The van der Waals surface area contributed by atoms with Crippen LogP contribution in [0.15, 0.2) is 58.2 Å². The van der Waals surface area contributed by atoms with Crippen molar-refractivity contribution < 1.29 is 9.21 Å². The first-order valence-corrected chi connectivity index (χ1v) is 9.94. The van der Waals surface area contributed by atoms with Crippen LogP contribution in [0.3, 0.4) is 0 Å². The Hall–Kier alpha value is -2.31. The van der Waals surface area contributed by atoms with E-state index in [1.807, 2.05) is 37.3 Å². The van der Waals surface area contributed by atoms with E-state index in [0.29, 0.717) is 28.2 Å². The molecule has 1 aromatic heterocycles. The summed E-state index contributed by atoms with van der Waals surface area (Å²) < 4.78 is 5.65. The quantitative estimate of drug-likeness (QED) is 0.557. The zero-order valence-electron chi connectivity index (χ0n) is 15.1. The van der Waals surface area contributed by atoms with Gasteiger partial charge in [-0.15, -0.1) is 10.2 Å². The fraction of sp³-hybridized carbons (Fsp3) is 0.250. The Labute approximate surface area is 167 Å². The molecule has 1 amide bonds. The molecule has 0 aliphatic carbocycles. The van der Waals surface area contributed by atoms with Crippen molar-refractivity contribution in [1.82, 2.24) is 10.2 Å². The first kappa shape index (κ1) is 19.5. The van der Waals surface area contributed by atoms with Crippen LogP contribution >= 0.6 is 23.4 Å². The van der Waals surface area contributed by atoms with Crippen LogP contribution in [0, 0.1) is 6.92 Å². The molecule has 0 aliphatic heterocycles. The summed E-state index contributed by atoms with van der Waals surface area (Å²) in [7, 11) is 0. The van der Waals surface area contributed by atoms with Crippen LogP contribution in [0.5, 0.6) is 0 Å². The Morgan fingerprint density at radius 2 is 2.00 bits per heavy atom. The van der Waals surface area contributed by atoms with E-state index in [9.17, 15) is 4.79 Å². The van der Waals surface area contributed by atoms with Crippen molar-refractivity contribution in [3.8, 4) is 0 Å². The normalized spacial score (nSPS) is 12.0. The van der Waals surface area contributed by atoms with Crippen molar-refractivity contribution in [3.05, 3.63) is 70.6 Å². The predicted octanol–water partition coefficient (Wildman–Crippen LogP) is 5.11. The van der Waals surface area contributed by atoms with E-state index in [4.69, 9.17) is 16.0 Å². The van der Waals surface area contributed by atoms with Gasteiger partial charge in [-0.1, -0.05) is 66.7 Å². The van der Waals surface area contributed by atoms with Gasteiger partial charge in [0.15, 0.2) is 0 Å². The molecule has 0 radical (unpaired) electrons. The van der Waals surface area contributed by atoms with E-state index in [1.54, 1.807) is 6.07 Å². The van der Waals surface area contributed by atoms with Crippen molar-refractivity contribution in [1.29, 1.82) is 0 Å². The fourth-order valence-electron chi connectivity index (χ4n) is 2.54. The molecule has 3 aromatic rings. The van der Waals surface area contributed by atoms with Crippen LogP contribution in [0.25, 0.3) is 0 Å². The molecule has 0 aliphatic rings. The lowest BCUT2D eigenvalue weighted by atomic mass is 9.98. The number of anilines is 1. The third-order valence-electron chi connectivity index (χ3n) is 4.08. The monoisotopic (exact) mass is 401 g/mol. The van der Waals surface area contributed by atoms with Gasteiger partial charge in [0, 0.05) is 17.1 Å². The lowest BCUT2D eigenvalue weighted by Crippen LogP contribution is -2.14. The van der Waals surface area contributed by atoms with E-state index in [2.05, 4.69) is 34.6 Å². The molecule has 5 nitrogen and oxygen atoms in total. The molecule has 3 rings (SSSR count). The van der Waals surface area contributed by atoms with Crippen LogP contribution in [0.1, 0.15) is 29.9 Å². The molecular weight excluding hydrogens is 382 g/mol. The predicted molar refractivity (Wildman–Crippen MR) is 108 cm³/mol. The van der Waals surface area contributed by atoms with Crippen LogP contribution in [0.4, 0.5) is 5.69 Å². The standard InChI is InChI=1S/C20H20ClN3O2S/c1-13-8-9-16(11-17(13)21)22-18(25)12-27-20-24-23-19(26-20)10-14(2)15-6-4-3-5-7-15/h3-9,11,14H,10,12H2,1-2H3,(H,22,25). The zero-order chi connectivity index (χ0) is 19.2. The number of thioether (sulfide) groups is 1. The maximum Gasteiger partial charge on any atom is 0.277 e. The number of carbonyl (C=O) groups excluding carboxylic acids is 1. The molecule has 1 unspecified atom stereocenters. The Morgan fingerprint density at radius 3 is 2.74 bits per heavy atom. The first-order chi connectivity index (χ1) is 13.0. The van der Waals surface area contributed by atoms with Gasteiger partial charge in [-0.2, -0.15) is 0 Å². The van der Waals surface area contributed by atoms with E-state index < -0.39 is 0 Å². The molecule has 0 spiro atoms. The van der Waals surface area contributed by atoms with Gasteiger partial charge in [0.2, 0.25) is 11.8 Å². The van der Waals surface area contributed by atoms with Crippen molar-refractivity contribution in [2.24, 2.45) is 0 Å². The minimum Gasteiger partial charge on any atom is -0.416 e. The summed E-state index contributed by atoms with van der Waals surface area (Å²) in [5.41, 5.74) is 2.85. The highest BCUT2D eigenvalue weighted by atomic mass is 35.5. The highest BCUT2D eigenvalue weighted by molar-refractivity contribution is 7.99. The highest BCUT2D eigenvalue weighted by Gasteiger charge is 2.14. The van der Waals surface area contributed by atoms with E-state index in [-0.39, 0.29) is 17.6 Å². The van der Waals surface area contributed by atoms with Crippen LogP contribution in [-0.2, 0) is 11.2 Å². The number of hydrogen-bond acceptors (Lipinski definition) is 5. The molecule has 0 fully saturated rings. The maximum atomic E-state index is 12.1. The van der Waals surface area contributed by atoms with E-state index in [1.165, 1.54) is 17.3 Å². The molecule has 2 aromatic carbocycles. The van der Waals surface area contributed by atoms with E-state index >= 15 is 0 Å². The SMILES string of the molecule is Cc1ccc(NC(=O)CSc2nnc(CC(C)c3ccccc3)o2)cc1Cl. The number of benzene rings is 2. The van der Waals surface area contributed by atoms with Gasteiger partial charge < -0.3 is 9.73 Å². The third kappa shape index (κ3) is 5.58. The molecule has 0 bridgehead atoms. The lowest BCUT2D eigenvalue weighted by molar-refractivity contribution is -0.113. The smallest absolute Gasteiger partial charge is 0.277 e. The lowest BCUT2D eigenvalue weighted by Gasteiger charge is -2.08. The largest absolute Gasteiger partial charge is 0.416 e. The first-order valence-electron chi connectivity index (χ1n) is 8.57. The van der Waals surface area contributed by atoms with Gasteiger partial charge in [0.25, 0.3) is 5.22 Å². The zero-order valence-corrected chi connectivity index (χ0v) is 16.7. The Morgan fingerprint density at radius 1 is 1.22 bits per heavy atom. The Bertz CT molecular complexity index is 915. The molecule has 1 N–H and O–H groups in total. The Kier molecular flexibility index (Phi) is 6.53. The number of hydrogen-bond donors (Lipinski definition) is 1. The number of nitrogens with one attached hydrogen (secondary N) is 1. The van der Waals surface area contributed by atoms with Gasteiger partial charge in [-0.3, -0.25) is 4.79 Å². The van der Waals surface area contributed by atoms with Gasteiger partial charge >= 0.3 is 0 Å². The molecule has 1 heterocycles. The minimum atomic E-state index is -0.155. The number of amides is 1. The molecule has 7 heteroatoms. The van der Waals surface area contributed by atoms with Crippen LogP contribution in [0.2, 0.25) is 5.02 Å². The van der Waals surface area contributed by atoms with Crippen molar-refractivity contribution in [2.45, 2.75) is 31.4 Å². The third-order valence-corrected chi connectivity index (χ3v) is 5.31. The second-order valence-corrected chi connectivity index (χ2v) is 7.61. The summed E-state index contributed by atoms with van der Waals surface area (Å²) in [4.78, 5) is 12.1. The molecule has 140 valence electrons. The average Bonchev–Trinajstić information content (AvgIpc) is 3.11. The van der Waals surface area contributed by atoms with Gasteiger partial charge in [-0.25, -0.2) is 0 Å². The molecule has 0 saturated carbocycles. The van der Waals surface area contributed by atoms with Gasteiger partial charge in [0.05, 0.1) is 5.75 Å². The van der Waals surface area contributed by atoms with Crippen LogP contribution < -0.4 is 5.32 Å². The average molecular weight is 402 g/mol. The summed E-state index contributed by atoms with van der Waals surface area (Å²) in [6.45, 7) is 4.03. The molecule has 27 heavy (non-hydrogen) atoms. The molecular formula is C20H20ClN3O2S. The van der Waals surface area contributed by atoms with Gasteiger partial charge in [-0.05, 0) is 36.1 Å². The number of rotatable bonds is 7. The van der Waals surface area contributed by atoms with Crippen molar-refractivity contribution in [2.75, 3.05) is 11.1 Å². The van der Waals surface area contributed by atoms with Gasteiger partial charge in [0.1, 0.15) is 0 Å². The maximum absolute atomic E-state index is 12.1. The molecule has 1 atom stereocenters. The number of halogens is 1. The highest BCUT2D eigenvalue weighted by Crippen LogP contribution is 2.23. The fourth-order valence-corrected chi connectivity index (χ4v) is 3.30. The summed E-state index contributed by atoms with van der Waals surface area (Å²) in [5.74, 6) is 0.873. The Balaban J connectivity index is 1.50. The summed E-state index contributed by atoms with van der Waals surface area (Å²) in [5, 5.41) is 11.9. The number of aryl methyl sites for hydroxylation is 1. The van der Waals surface area contributed by atoms with E-state index in [0.717, 1.165) is 5.56 Å². The summed E-state index contributed by atoms with van der Waals surface area (Å²) >= 11 is 7.28. The van der Waals surface area contributed by atoms with Crippen molar-refractivity contribution in [3.63, 3.8) is 0 Å². The number of carbonyl (C=O) groups is 1. The minimum absolute atomic E-state index is 0.155.